The van der Waals surface area contributed by atoms with E-state index >= 15 is 0 Å². The van der Waals surface area contributed by atoms with Crippen LogP contribution in [0.1, 0.15) is 0 Å². The molecule has 0 unspecified atom stereocenters. The molecule has 4 nitrogen and oxygen atoms in total. The average Bonchev–Trinajstić information content (AvgIpc) is 2.81. The van der Waals surface area contributed by atoms with Gasteiger partial charge in [-0.05, 0) is 0 Å². The summed E-state index contributed by atoms with van der Waals surface area (Å²) in [5.74, 6) is -3.68. The first-order valence-electron chi connectivity index (χ1n) is 7.56. The van der Waals surface area contributed by atoms with E-state index in [0.717, 1.165) is 0 Å². The maximum Gasteiger partial charge on any atom is 0.211 e. The quantitative estimate of drug-likeness (QED) is 0.419. The predicted molar refractivity (Wildman–Crippen MR) is 84.1 cm³/mol. The monoisotopic (exact) mass is 398 g/mol. The van der Waals surface area contributed by atoms with Crippen molar-refractivity contribution >= 4 is 46.4 Å². The number of ether oxygens (including phenoxy) is 2. The Kier molecular flexibility index (Phi) is 2.01. The highest BCUT2D eigenvalue weighted by atomic mass is 35.5. The molecule has 0 spiro atoms. The minimum atomic E-state index is -1.50. The maximum atomic E-state index is 11.4. The molecule has 4 bridgehead atoms. The van der Waals surface area contributed by atoms with Gasteiger partial charge in [0.1, 0.15) is 9.75 Å². The van der Waals surface area contributed by atoms with Gasteiger partial charge < -0.3 is 19.7 Å². The Labute approximate surface area is 152 Å². The number of methoxy groups -OCH3 is 2. The van der Waals surface area contributed by atoms with Gasteiger partial charge in [0.05, 0.1) is 21.0 Å². The molecule has 0 amide bonds. The Hall–Kier alpha value is 0.740. The van der Waals surface area contributed by atoms with Gasteiger partial charge in [0, 0.05) is 37.9 Å². The highest BCUT2D eigenvalue weighted by molar-refractivity contribution is 6.51. The molecule has 7 aliphatic rings. The van der Waals surface area contributed by atoms with Gasteiger partial charge in [-0.2, -0.15) is 0 Å². The first-order chi connectivity index (χ1) is 10.6. The van der Waals surface area contributed by atoms with Crippen LogP contribution in [0, 0.1) is 23.7 Å². The molecule has 0 aromatic carbocycles. The second-order valence-electron chi connectivity index (χ2n) is 7.89. The van der Waals surface area contributed by atoms with Crippen molar-refractivity contribution in [2.45, 2.75) is 36.5 Å². The summed E-state index contributed by atoms with van der Waals surface area (Å²) in [6.45, 7) is 0. The number of halogens is 4. The molecule has 8 heteroatoms. The van der Waals surface area contributed by atoms with Crippen LogP contribution >= 0.6 is 46.4 Å². The molecular formula is C15H14Cl4O4. The lowest BCUT2D eigenvalue weighted by molar-refractivity contribution is -0.225. The van der Waals surface area contributed by atoms with E-state index in [4.69, 9.17) is 55.9 Å². The smallest absolute Gasteiger partial charge is 0.211 e. The number of rotatable bonds is 2. The van der Waals surface area contributed by atoms with Gasteiger partial charge in [-0.25, -0.2) is 0 Å². The summed E-state index contributed by atoms with van der Waals surface area (Å²) in [5.41, 5.74) is -2.53. The molecule has 7 aliphatic carbocycles. The van der Waals surface area contributed by atoms with Crippen molar-refractivity contribution in [3.63, 3.8) is 0 Å². The third-order valence-corrected chi connectivity index (χ3v) is 11.6. The fourth-order valence-electron chi connectivity index (χ4n) is 7.95. The Bertz CT molecular complexity index is 687. The van der Waals surface area contributed by atoms with Crippen LogP contribution in [0.25, 0.3) is 0 Å². The van der Waals surface area contributed by atoms with Crippen molar-refractivity contribution < 1.29 is 19.7 Å². The minimum absolute atomic E-state index is 0.490. The molecule has 0 radical (unpaired) electrons. The highest BCUT2D eigenvalue weighted by Gasteiger charge is 3.15. The summed E-state index contributed by atoms with van der Waals surface area (Å²) < 4.78 is 11.5. The van der Waals surface area contributed by atoms with Gasteiger partial charge in [0.2, 0.25) is 5.79 Å². The van der Waals surface area contributed by atoms with Crippen molar-refractivity contribution in [1.82, 2.24) is 0 Å². The van der Waals surface area contributed by atoms with Gasteiger partial charge in [-0.15, -0.1) is 46.4 Å². The molecule has 0 saturated heterocycles. The molecule has 0 heterocycles. The van der Waals surface area contributed by atoms with Crippen molar-refractivity contribution in [2.24, 2.45) is 23.7 Å². The molecule has 5 saturated carbocycles. The van der Waals surface area contributed by atoms with Crippen LogP contribution in [0.2, 0.25) is 0 Å². The largest absolute Gasteiger partial charge is 0.385 e. The normalized spacial score (nSPS) is 76.5. The lowest BCUT2D eigenvalue weighted by Gasteiger charge is -2.64. The molecule has 23 heavy (non-hydrogen) atoms. The average molecular weight is 400 g/mol. The molecule has 0 aromatic rings. The van der Waals surface area contributed by atoms with Crippen LogP contribution in [-0.4, -0.2) is 60.9 Å². The molecule has 10 atom stereocenters. The van der Waals surface area contributed by atoms with Gasteiger partial charge in [-0.1, -0.05) is 12.2 Å². The van der Waals surface area contributed by atoms with E-state index in [1.807, 2.05) is 0 Å². The van der Waals surface area contributed by atoms with Crippen molar-refractivity contribution in [1.29, 1.82) is 0 Å². The molecule has 2 N–H and O–H groups in total. The van der Waals surface area contributed by atoms with E-state index in [1.165, 1.54) is 14.2 Å². The zero-order valence-electron chi connectivity index (χ0n) is 12.2. The first kappa shape index (κ1) is 14.9. The molecule has 5 fully saturated rings. The number of aliphatic hydroxyl groups is 2. The Morgan fingerprint density at radius 1 is 0.696 bits per heavy atom. The molecule has 0 aromatic heterocycles. The van der Waals surface area contributed by atoms with Gasteiger partial charge in [0.15, 0.2) is 0 Å². The van der Waals surface area contributed by atoms with Gasteiger partial charge in [0.25, 0.3) is 0 Å². The highest BCUT2D eigenvalue weighted by Crippen LogP contribution is 3.01. The van der Waals surface area contributed by atoms with E-state index in [9.17, 15) is 10.2 Å². The topological polar surface area (TPSA) is 58.9 Å². The molecule has 7 rings (SSSR count). The van der Waals surface area contributed by atoms with Crippen LogP contribution in [0.15, 0.2) is 12.2 Å². The third kappa shape index (κ3) is 0.743. The summed E-state index contributed by atoms with van der Waals surface area (Å²) in [4.78, 5) is -5.14. The van der Waals surface area contributed by atoms with Crippen molar-refractivity contribution in [2.75, 3.05) is 14.2 Å². The zero-order valence-corrected chi connectivity index (χ0v) is 15.2. The minimum Gasteiger partial charge on any atom is -0.385 e. The number of hydrogen-bond acceptors (Lipinski definition) is 4. The summed E-state index contributed by atoms with van der Waals surface area (Å²) in [7, 11) is 2.90. The van der Waals surface area contributed by atoms with Crippen LogP contribution < -0.4 is 0 Å². The van der Waals surface area contributed by atoms with Crippen LogP contribution in [0.4, 0.5) is 0 Å². The van der Waals surface area contributed by atoms with Crippen molar-refractivity contribution in [3.8, 4) is 0 Å². The predicted octanol–water partition coefficient (Wildman–Crippen LogP) is 1.45. The maximum absolute atomic E-state index is 11.4. The number of hydrogen-bond donors (Lipinski definition) is 2. The zero-order chi connectivity index (χ0) is 16.6. The lowest BCUT2D eigenvalue weighted by atomic mass is 9.48. The summed E-state index contributed by atoms with van der Waals surface area (Å²) in [6.07, 6.45) is 3.24. The van der Waals surface area contributed by atoms with E-state index in [-0.39, 0.29) is 0 Å². The standard InChI is InChI=1S/C15H14Cl4O4/c1-22-15(23-2)13(18)7-8-10(21)4-3-9(7,20)5-6(10)12(17,11(5,13)16)14(8,15)19/h3-8,20-21H,1-2H3/t5-,6+,7+,8-,9-,10-,11-,12+,13-,14+/m0/s1. The fraction of sp³-hybridized carbons (Fsp3) is 0.867. The SMILES string of the molecule is COC1(OC)[C@]2(Cl)[C@@H]3[C@H]4[C@]5(O)C=C[C@]3(O)[C@@H]3[C@H]5[C@@](Cl)([C@@]32Cl)[C@]41Cl. The van der Waals surface area contributed by atoms with Crippen LogP contribution in [0.5, 0.6) is 0 Å². The van der Waals surface area contributed by atoms with E-state index < -0.39 is 60.2 Å². The summed E-state index contributed by atoms with van der Waals surface area (Å²) in [6, 6.07) is 0. The van der Waals surface area contributed by atoms with E-state index in [0.29, 0.717) is 0 Å². The van der Waals surface area contributed by atoms with E-state index in [2.05, 4.69) is 0 Å². The Morgan fingerprint density at radius 2 is 1.00 bits per heavy atom. The molecule has 126 valence electrons. The molecular weight excluding hydrogens is 386 g/mol. The van der Waals surface area contributed by atoms with Crippen LogP contribution in [-0.2, 0) is 9.47 Å². The van der Waals surface area contributed by atoms with Gasteiger partial charge in [-0.3, -0.25) is 0 Å². The second kappa shape index (κ2) is 3.11. The summed E-state index contributed by atoms with van der Waals surface area (Å²) in [5, 5.41) is 22.8. The second-order valence-corrected chi connectivity index (χ2v) is 10.3. The Morgan fingerprint density at radius 3 is 1.30 bits per heavy atom. The Balaban J connectivity index is 1.85. The van der Waals surface area contributed by atoms with Gasteiger partial charge >= 0.3 is 0 Å². The molecule has 0 aliphatic heterocycles. The first-order valence-corrected chi connectivity index (χ1v) is 9.08. The third-order valence-electron chi connectivity index (χ3n) is 8.11. The van der Waals surface area contributed by atoms with Crippen LogP contribution in [0.3, 0.4) is 0 Å². The number of alkyl halides is 4. The van der Waals surface area contributed by atoms with E-state index in [1.54, 1.807) is 12.2 Å². The van der Waals surface area contributed by atoms with Crippen molar-refractivity contribution in [3.05, 3.63) is 12.2 Å². The fourth-order valence-corrected chi connectivity index (χ4v) is 11.5. The lowest BCUT2D eigenvalue weighted by Crippen LogP contribution is -2.77. The summed E-state index contributed by atoms with van der Waals surface area (Å²) >= 11 is 28.4.